The third-order valence-electron chi connectivity index (χ3n) is 13.4. The molecule has 5 aromatic rings. The lowest BCUT2D eigenvalue weighted by Crippen LogP contribution is -2.28. The quantitative estimate of drug-likeness (QED) is 0.0650. The number of nitrogens with one attached hydrogen (secondary N) is 5. The average molecular weight is 953 g/mol. The van der Waals surface area contributed by atoms with Gasteiger partial charge < -0.3 is 42.0 Å². The molecule has 4 amide bonds. The first-order valence-corrected chi connectivity index (χ1v) is 24.7. The summed E-state index contributed by atoms with van der Waals surface area (Å²) >= 11 is 3.03. The largest absolute Gasteiger partial charge is 0.476 e. The molecular formula is C45H56N14O6S2. The van der Waals surface area contributed by atoms with Crippen LogP contribution in [0.4, 0.5) is 27.6 Å². The first-order chi connectivity index (χ1) is 32.4. The highest BCUT2D eigenvalue weighted by Gasteiger charge is 2.37. The fraction of sp³-hybridized carbons (Fsp3) is 0.511. The minimum absolute atomic E-state index is 0. The molecule has 0 unspecified atom stereocenters. The summed E-state index contributed by atoms with van der Waals surface area (Å²) in [6, 6.07) is 3.46. The Labute approximate surface area is 396 Å². The predicted octanol–water partition coefficient (Wildman–Crippen LogP) is 5.84. The molecule has 5 heterocycles. The van der Waals surface area contributed by atoms with Gasteiger partial charge in [-0.25, -0.2) is 9.78 Å². The van der Waals surface area contributed by atoms with Crippen LogP contribution in [-0.4, -0.2) is 81.9 Å². The molecule has 6 aliphatic rings. The standard InChI is InChI=1S/C24H28N8O4S.C21H24N6O2S.2H2/c1-31-18(9-16(30-31)23(35)36)27-24-29-26-11-32(24)14-6-7-17-15(8-14)19(21(34)25-10-12-2-3-12)22(37-17)28-20(33)13-4-5-13;22-8-15-18(23)27(10-25-15)13-5-6-16-14(7-13)17(20(29)24-9-11-1-2-11)21(30-16)26-19(28)12-3-4-12;;/h9,11-14H,2-8,10H2,1H3,(H,25,34)(H,27,29)(H,28,33)(H,35,36);10-13H,1-7,9,23H2,(H,24,29)(H,26,28);2*1H/t14-;13-;;/m00../s1. The summed E-state index contributed by atoms with van der Waals surface area (Å²) < 4.78 is 5.20. The second kappa shape index (κ2) is 18.2. The number of carboxylic acid groups (broad SMARTS) is 1. The lowest BCUT2D eigenvalue weighted by molar-refractivity contribution is -0.118. The van der Waals surface area contributed by atoms with E-state index in [-0.39, 0.29) is 61.8 Å². The van der Waals surface area contributed by atoms with Gasteiger partial charge in [-0.2, -0.15) is 10.4 Å². The number of aromatic carboxylic acids is 1. The molecule has 0 radical (unpaired) electrons. The smallest absolute Gasteiger partial charge is 0.356 e. The summed E-state index contributed by atoms with van der Waals surface area (Å²) in [7, 11) is 1.65. The van der Waals surface area contributed by atoms with E-state index in [9.17, 15) is 29.1 Å². The van der Waals surface area contributed by atoms with Crippen LogP contribution in [0.5, 0.6) is 0 Å². The summed E-state index contributed by atoms with van der Waals surface area (Å²) in [6.45, 7) is 1.34. The number of aromatic nitrogens is 7. The van der Waals surface area contributed by atoms with Crippen LogP contribution in [0.25, 0.3) is 0 Å². The molecule has 0 saturated heterocycles. The van der Waals surface area contributed by atoms with Crippen molar-refractivity contribution in [1.82, 2.24) is 44.7 Å². The maximum atomic E-state index is 13.3. The van der Waals surface area contributed by atoms with E-state index in [2.05, 4.69) is 46.9 Å². The van der Waals surface area contributed by atoms with Gasteiger partial charge in [0.15, 0.2) is 11.4 Å². The Morgan fingerprint density at radius 2 is 1.34 bits per heavy atom. The molecule has 6 aliphatic carbocycles. The molecule has 11 rings (SSSR count). The van der Waals surface area contributed by atoms with E-state index < -0.39 is 5.97 Å². The second-order valence-corrected chi connectivity index (χ2v) is 20.8. The van der Waals surface area contributed by atoms with Gasteiger partial charge in [0, 0.05) is 62.7 Å². The summed E-state index contributed by atoms with van der Waals surface area (Å²) in [5.41, 5.74) is 9.41. The first-order valence-electron chi connectivity index (χ1n) is 23.1. The molecule has 0 spiro atoms. The van der Waals surface area contributed by atoms with Gasteiger partial charge in [-0.05, 0) is 113 Å². The van der Waals surface area contributed by atoms with Crippen LogP contribution in [0.1, 0.15) is 137 Å². The first kappa shape index (κ1) is 44.2. The number of hydrogen-bond acceptors (Lipinski definition) is 14. The fourth-order valence-electron chi connectivity index (χ4n) is 8.83. The van der Waals surface area contributed by atoms with Gasteiger partial charge in [0.1, 0.15) is 34.0 Å². The number of fused-ring (bicyclic) bond motifs is 2. The number of thiophene rings is 2. The van der Waals surface area contributed by atoms with E-state index in [4.69, 9.17) is 11.0 Å². The summed E-state index contributed by atoms with van der Waals surface area (Å²) in [5, 5.41) is 47.3. The predicted molar refractivity (Wildman–Crippen MR) is 253 cm³/mol. The maximum absolute atomic E-state index is 13.3. The Kier molecular flexibility index (Phi) is 12.0. The zero-order valence-electron chi connectivity index (χ0n) is 37.0. The van der Waals surface area contributed by atoms with Crippen LogP contribution in [-0.2, 0) is 42.3 Å². The minimum Gasteiger partial charge on any atom is -0.476 e. The summed E-state index contributed by atoms with van der Waals surface area (Å²) in [6.07, 6.45) is 15.9. The molecule has 0 aromatic carbocycles. The van der Waals surface area contributed by atoms with E-state index >= 15 is 0 Å². The number of anilines is 5. The Bertz CT molecular complexity index is 2830. The van der Waals surface area contributed by atoms with Crippen LogP contribution < -0.4 is 32.3 Å². The minimum atomic E-state index is -1.11. The lowest BCUT2D eigenvalue weighted by Gasteiger charge is -2.25. The van der Waals surface area contributed by atoms with Crippen molar-refractivity contribution in [3.8, 4) is 6.07 Å². The van der Waals surface area contributed by atoms with Crippen molar-refractivity contribution in [2.75, 3.05) is 34.8 Å². The number of nitrogen functional groups attached to an aromatic ring is 1. The Morgan fingerprint density at radius 1 is 0.806 bits per heavy atom. The Balaban J connectivity index is 0.000000184. The Hall–Kier alpha value is -6.60. The molecule has 8 N–H and O–H groups in total. The van der Waals surface area contributed by atoms with Gasteiger partial charge in [-0.3, -0.25) is 28.4 Å². The van der Waals surface area contributed by atoms with E-state index in [1.54, 1.807) is 19.7 Å². The molecule has 4 saturated carbocycles. The normalized spacial score (nSPS) is 19.5. The highest BCUT2D eigenvalue weighted by atomic mass is 32.1. The number of nitrogens with zero attached hydrogens (tertiary/aromatic N) is 8. The van der Waals surface area contributed by atoms with Gasteiger partial charge in [0.05, 0.1) is 17.5 Å². The zero-order valence-corrected chi connectivity index (χ0v) is 38.6. The number of carbonyl (C=O) groups is 5. The van der Waals surface area contributed by atoms with Gasteiger partial charge in [0.25, 0.3) is 11.8 Å². The van der Waals surface area contributed by atoms with E-state index in [1.807, 2.05) is 15.2 Å². The number of carboxylic acids is 1. The summed E-state index contributed by atoms with van der Waals surface area (Å²) in [5.74, 6) is 1.22. The molecule has 4 fully saturated rings. The van der Waals surface area contributed by atoms with Crippen molar-refractivity contribution in [1.29, 1.82) is 5.26 Å². The number of nitriles is 1. The molecule has 22 heteroatoms. The van der Waals surface area contributed by atoms with Crippen molar-refractivity contribution in [2.24, 2.45) is 30.7 Å². The fourth-order valence-corrected chi connectivity index (χ4v) is 11.3. The third-order valence-corrected chi connectivity index (χ3v) is 15.8. The molecule has 5 aromatic heterocycles. The second-order valence-electron chi connectivity index (χ2n) is 18.6. The van der Waals surface area contributed by atoms with Gasteiger partial charge in [-0.1, -0.05) is 0 Å². The zero-order chi connectivity index (χ0) is 46.5. The van der Waals surface area contributed by atoms with Crippen molar-refractivity contribution in [3.63, 3.8) is 0 Å². The number of imidazole rings is 1. The van der Waals surface area contributed by atoms with Crippen molar-refractivity contribution in [2.45, 2.75) is 102 Å². The molecule has 67 heavy (non-hydrogen) atoms. The Morgan fingerprint density at radius 3 is 1.81 bits per heavy atom. The molecule has 2 atom stereocenters. The number of rotatable bonds is 15. The maximum Gasteiger partial charge on any atom is 0.356 e. The average Bonchev–Trinajstić information content (AvgIpc) is 4.16. The number of amides is 4. The highest BCUT2D eigenvalue weighted by Crippen LogP contribution is 2.45. The molecule has 354 valence electrons. The molecular weight excluding hydrogens is 897 g/mol. The molecule has 0 aliphatic heterocycles. The topological polar surface area (TPSA) is 282 Å². The van der Waals surface area contributed by atoms with Gasteiger partial charge in [0.2, 0.25) is 17.8 Å². The monoisotopic (exact) mass is 952 g/mol. The van der Waals surface area contributed by atoms with Crippen LogP contribution >= 0.6 is 22.7 Å². The van der Waals surface area contributed by atoms with Gasteiger partial charge >= 0.3 is 5.97 Å². The van der Waals surface area contributed by atoms with Crippen molar-refractivity contribution >= 4 is 79.9 Å². The van der Waals surface area contributed by atoms with E-state index in [1.165, 1.54) is 33.4 Å². The van der Waals surface area contributed by atoms with Gasteiger partial charge in [-0.15, -0.1) is 32.9 Å². The van der Waals surface area contributed by atoms with E-state index in [0.29, 0.717) is 76.5 Å². The van der Waals surface area contributed by atoms with Crippen molar-refractivity contribution in [3.05, 3.63) is 62.1 Å². The number of carbonyl (C=O) groups excluding carboxylic acids is 4. The number of aryl methyl sites for hydroxylation is 3. The summed E-state index contributed by atoms with van der Waals surface area (Å²) in [4.78, 5) is 69.1. The number of hydrogen-bond donors (Lipinski definition) is 7. The number of nitrogens with two attached hydrogens (primary N) is 1. The van der Waals surface area contributed by atoms with Crippen LogP contribution in [0, 0.1) is 35.0 Å². The van der Waals surface area contributed by atoms with Crippen LogP contribution in [0.15, 0.2) is 18.7 Å². The van der Waals surface area contributed by atoms with Crippen molar-refractivity contribution < 1.29 is 31.9 Å². The van der Waals surface area contributed by atoms with Crippen LogP contribution in [0.3, 0.4) is 0 Å². The molecule has 20 nitrogen and oxygen atoms in total. The highest BCUT2D eigenvalue weighted by molar-refractivity contribution is 7.17. The lowest BCUT2D eigenvalue weighted by atomic mass is 9.91. The van der Waals surface area contributed by atoms with Crippen LogP contribution in [0.2, 0.25) is 0 Å². The third kappa shape index (κ3) is 9.65. The SMILES string of the molecule is Cn1nc(C(=O)O)cc1Nc1nncn1[C@H]1CCc2sc(NC(=O)C3CC3)c(C(=O)NCC3CC3)c2C1.N#Cc1ncn([C@H]2CCc3sc(NC(=O)C4CC4)c(C(=O)NCC4CC4)c3C2)c1N.[HH].[HH]. The molecule has 0 bridgehead atoms. The van der Waals surface area contributed by atoms with E-state index in [0.717, 1.165) is 97.9 Å².